The molecular weight excluding hydrogens is 351 g/mol. The summed E-state index contributed by atoms with van der Waals surface area (Å²) in [5.41, 5.74) is 0. The Morgan fingerprint density at radius 2 is 1.12 bits per heavy atom. The molecule has 2 aromatic carbocycles. The van der Waals surface area contributed by atoms with Crippen molar-refractivity contribution in [3.63, 3.8) is 0 Å². The van der Waals surface area contributed by atoms with Crippen LogP contribution in [-0.4, -0.2) is 21.0 Å². The van der Waals surface area contributed by atoms with E-state index in [0.717, 1.165) is 0 Å². The molecule has 0 aliphatic rings. The molecule has 0 unspecified atom stereocenters. The van der Waals surface area contributed by atoms with Crippen molar-refractivity contribution in [1.29, 1.82) is 0 Å². The minimum absolute atomic E-state index is 0.161. The molecule has 0 radical (unpaired) electrons. The van der Waals surface area contributed by atoms with Crippen molar-refractivity contribution in [2.24, 2.45) is 0 Å². The summed E-state index contributed by atoms with van der Waals surface area (Å²) >= 11 is 6.62. The molecule has 0 spiro atoms. The van der Waals surface area contributed by atoms with E-state index in [2.05, 4.69) is 90.9 Å². The minimum atomic E-state index is -2.70. The zero-order valence-corrected chi connectivity index (χ0v) is 14.4. The molecule has 88 valence electrons. The van der Waals surface area contributed by atoms with Crippen LogP contribution in [0.1, 0.15) is 0 Å². The van der Waals surface area contributed by atoms with Gasteiger partial charge in [0.2, 0.25) is 0 Å². The van der Waals surface area contributed by atoms with Crippen molar-refractivity contribution in [3.05, 3.63) is 60.7 Å². The first kappa shape index (κ1) is 13.4. The van der Waals surface area contributed by atoms with E-state index in [1.165, 1.54) is 7.16 Å². The average molecular weight is 367 g/mol. The van der Waals surface area contributed by atoms with E-state index in [9.17, 15) is 0 Å². The summed E-state index contributed by atoms with van der Waals surface area (Å²) in [7, 11) is 0. The molecule has 0 saturated heterocycles. The van der Waals surface area contributed by atoms with Crippen molar-refractivity contribution in [2.75, 3.05) is 0 Å². The summed E-state index contributed by atoms with van der Waals surface area (Å²) in [6.07, 6.45) is 0. The summed E-state index contributed by atoms with van der Waals surface area (Å²) in [4.78, 5) is 2.39. The van der Waals surface area contributed by atoms with E-state index in [1.54, 1.807) is 0 Å². The summed E-state index contributed by atoms with van der Waals surface area (Å²) < 4.78 is 3.06. The molecule has 0 aliphatic heterocycles. The zero-order chi connectivity index (χ0) is 12.3. The first-order valence-corrected chi connectivity index (χ1v) is 14.0. The molecule has 17 heavy (non-hydrogen) atoms. The fourth-order valence-corrected chi connectivity index (χ4v) is 13.7. The fourth-order valence-electron chi connectivity index (χ4n) is 2.03. The summed E-state index contributed by atoms with van der Waals surface area (Å²) in [5.74, 6) is 0. The Labute approximate surface area is 118 Å². The number of hydrogen-bond donors (Lipinski definition) is 2. The first-order valence-electron chi connectivity index (χ1n) is 5.63. The average Bonchev–Trinajstić information content (AvgIpc) is 2.39. The van der Waals surface area contributed by atoms with Crippen LogP contribution in [0.25, 0.3) is 0 Å². The third-order valence-corrected chi connectivity index (χ3v) is 21.9. The topological polar surface area (TPSA) is 0 Å². The molecule has 0 bridgehead atoms. The quantitative estimate of drug-likeness (QED) is 0.465. The normalized spacial score (nSPS) is 11.8. The van der Waals surface area contributed by atoms with E-state index in [0.29, 0.717) is 0 Å². The van der Waals surface area contributed by atoms with Crippen LogP contribution in [0.5, 0.6) is 0 Å². The Kier molecular flexibility index (Phi) is 4.50. The Bertz CT molecular complexity index is 429. The number of hydrogen-bond acceptors (Lipinski definition) is 2. The molecule has 0 amide bonds. The van der Waals surface area contributed by atoms with E-state index < -0.39 is 18.4 Å². The van der Waals surface area contributed by atoms with Crippen LogP contribution in [0.4, 0.5) is 0 Å². The van der Waals surface area contributed by atoms with Crippen molar-refractivity contribution in [3.8, 4) is 0 Å². The molecule has 0 heterocycles. The monoisotopic (exact) mass is 368 g/mol. The number of thiol groups is 2. The van der Waals surface area contributed by atoms with Crippen molar-refractivity contribution in [1.82, 2.24) is 0 Å². The van der Waals surface area contributed by atoms with E-state index in [-0.39, 0.29) is 2.60 Å². The van der Waals surface area contributed by atoms with Gasteiger partial charge in [-0.1, -0.05) is 0 Å². The summed E-state index contributed by atoms with van der Waals surface area (Å²) in [6, 6.07) is 21.5. The zero-order valence-electron chi connectivity index (χ0n) is 9.75. The fraction of sp³-hybridized carbons (Fsp3) is 0.143. The van der Waals surface area contributed by atoms with Crippen LogP contribution >= 0.6 is 25.3 Å². The molecule has 3 heteroatoms. The maximum atomic E-state index is 4.66. The Morgan fingerprint density at radius 1 is 0.765 bits per heavy atom. The number of rotatable bonds is 3. The van der Waals surface area contributed by atoms with Gasteiger partial charge in [-0.2, -0.15) is 0 Å². The van der Waals surface area contributed by atoms with Crippen molar-refractivity contribution < 1.29 is 0 Å². The van der Waals surface area contributed by atoms with Crippen molar-refractivity contribution >= 4 is 50.8 Å². The number of benzene rings is 2. The van der Waals surface area contributed by atoms with Gasteiger partial charge in [-0.25, -0.2) is 0 Å². The second kappa shape index (κ2) is 5.72. The van der Waals surface area contributed by atoms with Gasteiger partial charge < -0.3 is 0 Å². The second-order valence-corrected chi connectivity index (χ2v) is 20.3. The van der Waals surface area contributed by atoms with Gasteiger partial charge in [0, 0.05) is 0 Å². The predicted octanol–water partition coefficient (Wildman–Crippen LogP) is 2.60. The third kappa shape index (κ3) is 2.69. The molecule has 0 aromatic heterocycles. The molecule has 0 aliphatic carbocycles. The molecular formula is C14H16S2Sn. The van der Waals surface area contributed by atoms with Crippen LogP contribution in [0.15, 0.2) is 60.7 Å². The molecule has 0 atom stereocenters. The third-order valence-electron chi connectivity index (χ3n) is 3.26. The Hall–Kier alpha value is -0.0613. The molecule has 0 nitrogen and oxygen atoms in total. The molecule has 0 N–H and O–H groups in total. The van der Waals surface area contributed by atoms with Crippen molar-refractivity contribution in [2.45, 2.75) is 7.54 Å². The van der Waals surface area contributed by atoms with Gasteiger partial charge in [0.25, 0.3) is 0 Å². The predicted molar refractivity (Wildman–Crippen MR) is 85.5 cm³/mol. The van der Waals surface area contributed by atoms with E-state index in [4.69, 9.17) is 0 Å². The summed E-state index contributed by atoms with van der Waals surface area (Å²) in [6.45, 7) is 0. The maximum absolute atomic E-state index is 4.66. The van der Waals surface area contributed by atoms with Gasteiger partial charge in [0.1, 0.15) is 0 Å². The second-order valence-electron chi connectivity index (χ2n) is 4.31. The van der Waals surface area contributed by atoms with Gasteiger partial charge in [-0.3, -0.25) is 0 Å². The Balaban J connectivity index is 2.55. The molecule has 2 rings (SSSR count). The van der Waals surface area contributed by atoms with Crippen LogP contribution in [0.2, 0.25) is 4.94 Å². The van der Waals surface area contributed by atoms with E-state index >= 15 is 0 Å². The van der Waals surface area contributed by atoms with Gasteiger partial charge in [0.15, 0.2) is 0 Å². The van der Waals surface area contributed by atoms with Gasteiger partial charge in [0.05, 0.1) is 0 Å². The molecule has 0 saturated carbocycles. The van der Waals surface area contributed by atoms with Crippen LogP contribution < -0.4 is 7.16 Å². The molecule has 0 fully saturated rings. The summed E-state index contributed by atoms with van der Waals surface area (Å²) in [5, 5.41) is 0. The SMILES string of the molecule is [CH3][Sn]([c]1ccccc1)([c]1ccccc1)[CH](S)S. The van der Waals surface area contributed by atoms with Gasteiger partial charge in [-0.15, -0.1) is 0 Å². The van der Waals surface area contributed by atoms with Crippen LogP contribution in [0.3, 0.4) is 0 Å². The van der Waals surface area contributed by atoms with Gasteiger partial charge in [-0.05, 0) is 0 Å². The first-order chi connectivity index (χ1) is 8.15. The Morgan fingerprint density at radius 3 is 1.41 bits per heavy atom. The van der Waals surface area contributed by atoms with Gasteiger partial charge >= 0.3 is 119 Å². The standard InChI is InChI=1S/2C6H5.CH3S2.CH3.Sn/c2*1-2-4-6-5-3-1;2-1-3;;/h2*1-5H;1-3H;1H3;. The molecule has 2 aromatic rings. The van der Waals surface area contributed by atoms with E-state index in [1.807, 2.05) is 0 Å². The van der Waals surface area contributed by atoms with Crippen LogP contribution in [0, 0.1) is 0 Å². The van der Waals surface area contributed by atoms with Crippen LogP contribution in [-0.2, 0) is 0 Å².